The first-order chi connectivity index (χ1) is 9.21. The number of nitrogens with one attached hydrogen (secondary N) is 1. The Balaban J connectivity index is 1.87. The molecule has 1 aliphatic carbocycles. The maximum absolute atomic E-state index is 6.05. The summed E-state index contributed by atoms with van der Waals surface area (Å²) in [5.74, 6) is 1.04. The molecule has 0 saturated heterocycles. The van der Waals surface area contributed by atoms with E-state index in [-0.39, 0.29) is 5.41 Å². The Bertz CT molecular complexity index is 567. The zero-order chi connectivity index (χ0) is 13.3. The summed E-state index contributed by atoms with van der Waals surface area (Å²) in [5.41, 5.74) is 9.32. The van der Waals surface area contributed by atoms with E-state index < -0.39 is 0 Å². The van der Waals surface area contributed by atoms with Gasteiger partial charge in [-0.25, -0.2) is 9.97 Å². The summed E-state index contributed by atoms with van der Waals surface area (Å²) in [5, 5.41) is 0. The smallest absolute Gasteiger partial charge is 0.177 e. The Morgan fingerprint density at radius 2 is 2.11 bits per heavy atom. The fourth-order valence-electron chi connectivity index (χ4n) is 3.25. The standard InChI is InChI=1S/C15H22N4/c1-11-7-12-14(17-9-11)19-13(18-12)8-15(10-16)5-3-2-4-6-15/h7,9H,2-6,8,10,16H2,1H3,(H,17,18,19). The van der Waals surface area contributed by atoms with Crippen LogP contribution >= 0.6 is 0 Å². The normalized spacial score (nSPS) is 18.8. The second-order valence-corrected chi connectivity index (χ2v) is 6.01. The van der Waals surface area contributed by atoms with Crippen LogP contribution in [0.25, 0.3) is 11.2 Å². The molecule has 0 atom stereocenters. The summed E-state index contributed by atoms with van der Waals surface area (Å²) in [6.45, 7) is 2.81. The van der Waals surface area contributed by atoms with Crippen LogP contribution in [0.5, 0.6) is 0 Å². The van der Waals surface area contributed by atoms with Gasteiger partial charge in [0.15, 0.2) is 5.65 Å². The van der Waals surface area contributed by atoms with Gasteiger partial charge in [-0.1, -0.05) is 19.3 Å². The largest absolute Gasteiger partial charge is 0.341 e. The fraction of sp³-hybridized carbons (Fsp3) is 0.600. The molecule has 19 heavy (non-hydrogen) atoms. The van der Waals surface area contributed by atoms with Gasteiger partial charge in [0, 0.05) is 12.6 Å². The second-order valence-electron chi connectivity index (χ2n) is 6.01. The van der Waals surface area contributed by atoms with Gasteiger partial charge in [-0.2, -0.15) is 0 Å². The summed E-state index contributed by atoms with van der Waals surface area (Å²) in [6.07, 6.45) is 9.23. The molecule has 0 spiro atoms. The van der Waals surface area contributed by atoms with Crippen molar-refractivity contribution in [3.63, 3.8) is 0 Å². The molecule has 1 saturated carbocycles. The highest BCUT2D eigenvalue weighted by molar-refractivity contribution is 5.70. The molecule has 2 aromatic rings. The Morgan fingerprint density at radius 1 is 1.32 bits per heavy atom. The lowest BCUT2D eigenvalue weighted by Gasteiger charge is -2.35. The van der Waals surface area contributed by atoms with E-state index in [1.807, 2.05) is 6.20 Å². The minimum absolute atomic E-state index is 0.251. The van der Waals surface area contributed by atoms with Crippen LogP contribution in [0.4, 0.5) is 0 Å². The Morgan fingerprint density at radius 3 is 2.84 bits per heavy atom. The number of imidazole rings is 1. The molecular weight excluding hydrogens is 236 g/mol. The van der Waals surface area contributed by atoms with Crippen LogP contribution in [0.2, 0.25) is 0 Å². The molecule has 0 aromatic carbocycles. The summed E-state index contributed by atoms with van der Waals surface area (Å²) in [7, 11) is 0. The molecular formula is C15H22N4. The van der Waals surface area contributed by atoms with Gasteiger partial charge in [-0.05, 0) is 43.4 Å². The van der Waals surface area contributed by atoms with Crippen LogP contribution in [0, 0.1) is 12.3 Å². The quantitative estimate of drug-likeness (QED) is 0.889. The zero-order valence-electron chi connectivity index (χ0n) is 11.6. The van der Waals surface area contributed by atoms with Crippen LogP contribution < -0.4 is 5.73 Å². The molecule has 2 aromatic heterocycles. The molecule has 2 heterocycles. The Kier molecular flexibility index (Phi) is 3.27. The van der Waals surface area contributed by atoms with Crippen molar-refractivity contribution in [3.05, 3.63) is 23.7 Å². The van der Waals surface area contributed by atoms with E-state index >= 15 is 0 Å². The third-order valence-corrected chi connectivity index (χ3v) is 4.41. The maximum Gasteiger partial charge on any atom is 0.177 e. The van der Waals surface area contributed by atoms with E-state index in [9.17, 15) is 0 Å². The highest BCUT2D eigenvalue weighted by Crippen LogP contribution is 2.38. The molecule has 102 valence electrons. The number of nitrogens with zero attached hydrogens (tertiary/aromatic N) is 2. The Hall–Kier alpha value is -1.42. The minimum atomic E-state index is 0.251. The van der Waals surface area contributed by atoms with Crippen LogP contribution in [0.1, 0.15) is 43.5 Å². The van der Waals surface area contributed by atoms with E-state index in [1.165, 1.54) is 32.1 Å². The molecule has 0 bridgehead atoms. The number of aromatic nitrogens is 3. The monoisotopic (exact) mass is 258 g/mol. The molecule has 0 amide bonds. The summed E-state index contributed by atoms with van der Waals surface area (Å²) < 4.78 is 0. The topological polar surface area (TPSA) is 67.6 Å². The van der Waals surface area contributed by atoms with Crippen molar-refractivity contribution in [2.45, 2.75) is 45.4 Å². The number of hydrogen-bond acceptors (Lipinski definition) is 3. The fourth-order valence-corrected chi connectivity index (χ4v) is 3.25. The average Bonchev–Trinajstić information content (AvgIpc) is 2.81. The number of hydrogen-bond donors (Lipinski definition) is 2. The SMILES string of the molecule is Cc1cnc2nc(CC3(CN)CCCCC3)[nH]c2c1. The van der Waals surface area contributed by atoms with Crippen molar-refractivity contribution in [1.82, 2.24) is 15.0 Å². The first-order valence-electron chi connectivity index (χ1n) is 7.22. The first kappa shape index (κ1) is 12.6. The number of pyridine rings is 1. The second kappa shape index (κ2) is 4.93. The molecule has 1 aliphatic rings. The molecule has 4 heteroatoms. The molecule has 4 nitrogen and oxygen atoms in total. The van der Waals surface area contributed by atoms with E-state index in [0.29, 0.717) is 0 Å². The first-order valence-corrected chi connectivity index (χ1v) is 7.22. The number of rotatable bonds is 3. The Labute approximate surface area is 113 Å². The third kappa shape index (κ3) is 2.50. The van der Waals surface area contributed by atoms with Gasteiger partial charge in [0.2, 0.25) is 0 Å². The lowest BCUT2D eigenvalue weighted by Crippen LogP contribution is -2.35. The lowest BCUT2D eigenvalue weighted by atomic mass is 9.72. The van der Waals surface area contributed by atoms with E-state index in [4.69, 9.17) is 5.73 Å². The summed E-state index contributed by atoms with van der Waals surface area (Å²) in [4.78, 5) is 12.4. The van der Waals surface area contributed by atoms with Crippen molar-refractivity contribution in [1.29, 1.82) is 0 Å². The molecule has 0 aliphatic heterocycles. The maximum atomic E-state index is 6.05. The average molecular weight is 258 g/mol. The van der Waals surface area contributed by atoms with Crippen LogP contribution in [-0.2, 0) is 6.42 Å². The predicted molar refractivity (Wildman–Crippen MR) is 76.9 cm³/mol. The van der Waals surface area contributed by atoms with Gasteiger partial charge < -0.3 is 10.7 Å². The lowest BCUT2D eigenvalue weighted by molar-refractivity contribution is 0.194. The van der Waals surface area contributed by atoms with Crippen molar-refractivity contribution in [2.24, 2.45) is 11.1 Å². The zero-order valence-corrected chi connectivity index (χ0v) is 11.6. The van der Waals surface area contributed by atoms with Crippen LogP contribution in [-0.4, -0.2) is 21.5 Å². The molecule has 0 unspecified atom stereocenters. The van der Waals surface area contributed by atoms with Gasteiger partial charge in [-0.3, -0.25) is 0 Å². The summed E-state index contributed by atoms with van der Waals surface area (Å²) in [6, 6.07) is 2.11. The number of aromatic amines is 1. The summed E-state index contributed by atoms with van der Waals surface area (Å²) >= 11 is 0. The number of nitrogens with two attached hydrogens (primary N) is 1. The number of aryl methyl sites for hydroxylation is 1. The molecule has 3 N–H and O–H groups in total. The van der Waals surface area contributed by atoms with E-state index in [2.05, 4.69) is 27.9 Å². The minimum Gasteiger partial charge on any atom is -0.341 e. The van der Waals surface area contributed by atoms with E-state index in [1.54, 1.807) is 0 Å². The van der Waals surface area contributed by atoms with Crippen molar-refractivity contribution >= 4 is 11.2 Å². The van der Waals surface area contributed by atoms with Crippen molar-refractivity contribution in [3.8, 4) is 0 Å². The third-order valence-electron chi connectivity index (χ3n) is 4.41. The van der Waals surface area contributed by atoms with Crippen molar-refractivity contribution in [2.75, 3.05) is 6.54 Å². The number of fused-ring (bicyclic) bond motifs is 1. The van der Waals surface area contributed by atoms with Gasteiger partial charge in [-0.15, -0.1) is 0 Å². The van der Waals surface area contributed by atoms with E-state index in [0.717, 1.165) is 35.5 Å². The molecule has 0 radical (unpaired) electrons. The highest BCUT2D eigenvalue weighted by Gasteiger charge is 2.31. The van der Waals surface area contributed by atoms with Gasteiger partial charge in [0.1, 0.15) is 5.82 Å². The predicted octanol–water partition coefficient (Wildman–Crippen LogP) is 2.72. The van der Waals surface area contributed by atoms with Gasteiger partial charge >= 0.3 is 0 Å². The van der Waals surface area contributed by atoms with Gasteiger partial charge in [0.25, 0.3) is 0 Å². The highest BCUT2D eigenvalue weighted by atomic mass is 15.0. The van der Waals surface area contributed by atoms with Crippen LogP contribution in [0.3, 0.4) is 0 Å². The number of H-pyrrole nitrogens is 1. The van der Waals surface area contributed by atoms with Gasteiger partial charge in [0.05, 0.1) is 5.52 Å². The molecule has 1 fully saturated rings. The van der Waals surface area contributed by atoms with Crippen molar-refractivity contribution < 1.29 is 0 Å². The molecule has 3 rings (SSSR count). The van der Waals surface area contributed by atoms with Crippen LogP contribution in [0.15, 0.2) is 12.3 Å².